The lowest BCUT2D eigenvalue weighted by atomic mass is 9.93. The molecule has 25 heavy (non-hydrogen) atoms. The Morgan fingerprint density at radius 2 is 1.84 bits per heavy atom. The van der Waals surface area contributed by atoms with Crippen molar-refractivity contribution in [1.29, 1.82) is 0 Å². The van der Waals surface area contributed by atoms with Gasteiger partial charge in [0.1, 0.15) is 5.60 Å². The number of amides is 2. The van der Waals surface area contributed by atoms with Crippen LogP contribution in [0.3, 0.4) is 0 Å². The van der Waals surface area contributed by atoms with Gasteiger partial charge in [-0.25, -0.2) is 4.79 Å². The van der Waals surface area contributed by atoms with Gasteiger partial charge in [0, 0.05) is 32.6 Å². The minimum atomic E-state index is -0.472. The van der Waals surface area contributed by atoms with Crippen molar-refractivity contribution in [3.8, 4) is 0 Å². The normalized spacial score (nSPS) is 22.2. The number of rotatable bonds is 4. The molecule has 1 unspecified atom stereocenters. The number of carbonyl (C=O) groups excluding carboxylic acids is 3. The Morgan fingerprint density at radius 1 is 1.20 bits per heavy atom. The zero-order valence-corrected chi connectivity index (χ0v) is 15.7. The van der Waals surface area contributed by atoms with Gasteiger partial charge in [0.15, 0.2) is 0 Å². The lowest BCUT2D eigenvalue weighted by Crippen LogP contribution is -2.42. The fourth-order valence-corrected chi connectivity index (χ4v) is 3.38. The molecule has 0 aromatic rings. The van der Waals surface area contributed by atoms with Crippen LogP contribution in [0.2, 0.25) is 0 Å². The summed E-state index contributed by atoms with van der Waals surface area (Å²) in [5, 5.41) is 0. The first-order valence-corrected chi connectivity index (χ1v) is 9.03. The number of hydrogen-bond donors (Lipinski definition) is 0. The molecule has 2 fully saturated rings. The van der Waals surface area contributed by atoms with Crippen molar-refractivity contribution in [3.05, 3.63) is 0 Å². The van der Waals surface area contributed by atoms with Crippen LogP contribution in [0.5, 0.6) is 0 Å². The molecule has 0 spiro atoms. The Hall–Kier alpha value is -1.79. The minimum Gasteiger partial charge on any atom is -0.469 e. The van der Waals surface area contributed by atoms with Crippen LogP contribution in [0.25, 0.3) is 0 Å². The quantitative estimate of drug-likeness (QED) is 0.722. The number of methoxy groups -OCH3 is 1. The van der Waals surface area contributed by atoms with E-state index in [1.165, 1.54) is 7.11 Å². The average molecular weight is 354 g/mol. The summed E-state index contributed by atoms with van der Waals surface area (Å²) in [6, 6.07) is 0. The number of ether oxygens (including phenoxy) is 2. The largest absolute Gasteiger partial charge is 0.469 e. The molecule has 7 nitrogen and oxygen atoms in total. The van der Waals surface area contributed by atoms with Crippen LogP contribution in [0.4, 0.5) is 4.79 Å². The molecule has 0 bridgehead atoms. The van der Waals surface area contributed by atoms with Gasteiger partial charge < -0.3 is 19.3 Å². The Kier molecular flexibility index (Phi) is 6.30. The van der Waals surface area contributed by atoms with E-state index in [0.717, 1.165) is 19.3 Å². The van der Waals surface area contributed by atoms with Crippen LogP contribution in [0, 0.1) is 11.8 Å². The third kappa shape index (κ3) is 5.61. The Labute approximate surface area is 149 Å². The van der Waals surface area contributed by atoms with E-state index in [4.69, 9.17) is 9.47 Å². The van der Waals surface area contributed by atoms with E-state index in [0.29, 0.717) is 32.1 Å². The van der Waals surface area contributed by atoms with Gasteiger partial charge in [-0.15, -0.1) is 0 Å². The number of hydrogen-bond acceptors (Lipinski definition) is 5. The van der Waals surface area contributed by atoms with E-state index in [2.05, 4.69) is 0 Å². The molecule has 2 saturated heterocycles. The van der Waals surface area contributed by atoms with Crippen molar-refractivity contribution in [1.82, 2.24) is 9.80 Å². The second kappa shape index (κ2) is 8.06. The van der Waals surface area contributed by atoms with Crippen LogP contribution >= 0.6 is 0 Å². The lowest BCUT2D eigenvalue weighted by Gasteiger charge is -2.34. The molecule has 2 aliphatic rings. The van der Waals surface area contributed by atoms with Crippen LogP contribution in [-0.2, 0) is 19.1 Å². The van der Waals surface area contributed by atoms with Crippen LogP contribution in [0.1, 0.15) is 46.5 Å². The summed E-state index contributed by atoms with van der Waals surface area (Å²) >= 11 is 0. The Bertz CT molecular complexity index is 506. The fraction of sp³-hybridized carbons (Fsp3) is 0.833. The van der Waals surface area contributed by atoms with E-state index >= 15 is 0 Å². The molecular weight excluding hydrogens is 324 g/mol. The highest BCUT2D eigenvalue weighted by atomic mass is 16.6. The summed E-state index contributed by atoms with van der Waals surface area (Å²) in [6.45, 7) is 8.12. The molecule has 7 heteroatoms. The van der Waals surface area contributed by atoms with Crippen molar-refractivity contribution in [3.63, 3.8) is 0 Å². The van der Waals surface area contributed by atoms with Gasteiger partial charge in [-0.1, -0.05) is 0 Å². The summed E-state index contributed by atoms with van der Waals surface area (Å²) in [5.74, 6) is -0.113. The van der Waals surface area contributed by atoms with Gasteiger partial charge in [0.05, 0.1) is 13.0 Å². The van der Waals surface area contributed by atoms with E-state index in [1.807, 2.05) is 20.8 Å². The van der Waals surface area contributed by atoms with E-state index < -0.39 is 5.60 Å². The van der Waals surface area contributed by atoms with Crippen molar-refractivity contribution < 1.29 is 23.9 Å². The first-order chi connectivity index (χ1) is 11.7. The number of carbonyl (C=O) groups is 3. The standard InChI is InChI=1S/C18H30N2O5/c1-18(2,3)25-17(23)19-8-5-13(6-9-19)7-10-20-12-14(11-15(20)21)16(22)24-4/h13-14H,5-12H2,1-4H3. The smallest absolute Gasteiger partial charge is 0.410 e. The van der Waals surface area contributed by atoms with Gasteiger partial charge in [-0.3, -0.25) is 9.59 Å². The first-order valence-electron chi connectivity index (χ1n) is 9.03. The van der Waals surface area contributed by atoms with Crippen molar-refractivity contribution in [2.75, 3.05) is 33.3 Å². The molecule has 0 radical (unpaired) electrons. The third-order valence-corrected chi connectivity index (χ3v) is 4.82. The fourth-order valence-electron chi connectivity index (χ4n) is 3.38. The predicted molar refractivity (Wildman–Crippen MR) is 91.9 cm³/mol. The summed E-state index contributed by atoms with van der Waals surface area (Å²) in [5.41, 5.74) is -0.472. The maximum Gasteiger partial charge on any atom is 0.410 e. The molecule has 0 aromatic carbocycles. The maximum absolute atomic E-state index is 12.1. The van der Waals surface area contributed by atoms with Gasteiger partial charge in [0.25, 0.3) is 0 Å². The maximum atomic E-state index is 12.1. The van der Waals surface area contributed by atoms with Crippen molar-refractivity contribution >= 4 is 18.0 Å². The highest BCUT2D eigenvalue weighted by Crippen LogP contribution is 2.25. The van der Waals surface area contributed by atoms with Gasteiger partial charge in [-0.05, 0) is 46.0 Å². The number of esters is 1. The third-order valence-electron chi connectivity index (χ3n) is 4.82. The zero-order valence-electron chi connectivity index (χ0n) is 15.7. The molecule has 0 N–H and O–H groups in total. The highest BCUT2D eigenvalue weighted by Gasteiger charge is 2.35. The van der Waals surface area contributed by atoms with E-state index in [-0.39, 0.29) is 30.3 Å². The molecule has 0 aliphatic carbocycles. The Balaban J connectivity index is 1.71. The Morgan fingerprint density at radius 3 is 2.40 bits per heavy atom. The first kappa shape index (κ1) is 19.5. The van der Waals surface area contributed by atoms with Gasteiger partial charge >= 0.3 is 12.1 Å². The molecule has 2 rings (SSSR count). The molecule has 2 heterocycles. The number of nitrogens with zero attached hydrogens (tertiary/aromatic N) is 2. The van der Waals surface area contributed by atoms with E-state index in [1.54, 1.807) is 9.80 Å². The number of likely N-dealkylation sites (tertiary alicyclic amines) is 2. The van der Waals surface area contributed by atoms with Gasteiger partial charge in [0.2, 0.25) is 5.91 Å². The van der Waals surface area contributed by atoms with E-state index in [9.17, 15) is 14.4 Å². The van der Waals surface area contributed by atoms with Crippen molar-refractivity contribution in [2.24, 2.45) is 11.8 Å². The highest BCUT2D eigenvalue weighted by molar-refractivity contribution is 5.86. The monoisotopic (exact) mass is 354 g/mol. The number of piperidine rings is 1. The SMILES string of the molecule is COC(=O)C1CC(=O)N(CCC2CCN(C(=O)OC(C)(C)C)CC2)C1. The molecule has 142 valence electrons. The zero-order chi connectivity index (χ0) is 18.6. The topological polar surface area (TPSA) is 76.2 Å². The lowest BCUT2D eigenvalue weighted by molar-refractivity contribution is -0.145. The van der Waals surface area contributed by atoms with Crippen molar-refractivity contribution in [2.45, 2.75) is 52.1 Å². The molecule has 2 amide bonds. The summed E-state index contributed by atoms with van der Waals surface area (Å²) in [6.07, 6.45) is 2.75. The van der Waals surface area contributed by atoms with Crippen LogP contribution < -0.4 is 0 Å². The summed E-state index contributed by atoms with van der Waals surface area (Å²) < 4.78 is 10.1. The van der Waals surface area contributed by atoms with Crippen LogP contribution in [0.15, 0.2) is 0 Å². The minimum absolute atomic E-state index is 0.0293. The summed E-state index contributed by atoms with van der Waals surface area (Å²) in [7, 11) is 1.36. The average Bonchev–Trinajstić information content (AvgIpc) is 2.92. The van der Waals surface area contributed by atoms with Crippen LogP contribution in [-0.4, -0.2) is 66.7 Å². The second-order valence-electron chi connectivity index (χ2n) is 7.96. The predicted octanol–water partition coefficient (Wildman–Crippen LogP) is 2.05. The molecule has 0 saturated carbocycles. The molecule has 2 aliphatic heterocycles. The summed E-state index contributed by atoms with van der Waals surface area (Å²) in [4.78, 5) is 39.2. The molecular formula is C18H30N2O5. The molecule has 0 aromatic heterocycles. The molecule has 1 atom stereocenters. The van der Waals surface area contributed by atoms with Gasteiger partial charge in [-0.2, -0.15) is 0 Å². The second-order valence-corrected chi connectivity index (χ2v) is 7.96.